The normalized spacial score (nSPS) is 18.4. The fraction of sp³-hybridized carbons (Fsp3) is 0.379. The molecule has 1 aromatic heterocycles. The van der Waals surface area contributed by atoms with Crippen LogP contribution in [0.15, 0.2) is 70.5 Å². The number of aromatic nitrogens is 1. The van der Waals surface area contributed by atoms with Crippen molar-refractivity contribution in [3.8, 4) is 5.75 Å². The van der Waals surface area contributed by atoms with Gasteiger partial charge in [-0.3, -0.25) is 19.3 Å². The van der Waals surface area contributed by atoms with Crippen LogP contribution in [0.25, 0.3) is 0 Å². The molecule has 2 aromatic carbocycles. The Kier molecular flexibility index (Phi) is 7.87. The Morgan fingerprint density at radius 1 is 1.07 bits per heavy atom. The number of halogens is 3. The van der Waals surface area contributed by atoms with Crippen molar-refractivity contribution in [2.75, 3.05) is 11.7 Å². The summed E-state index contributed by atoms with van der Waals surface area (Å²) in [4.78, 5) is 28.4. The van der Waals surface area contributed by atoms with E-state index in [1.165, 1.54) is 16.9 Å². The van der Waals surface area contributed by atoms with Crippen LogP contribution in [0.5, 0.6) is 5.75 Å². The molecule has 0 saturated heterocycles. The molecule has 0 bridgehead atoms. The number of fused-ring (bicyclic) bond motifs is 3. The maximum atomic E-state index is 14.1. The van der Waals surface area contributed by atoms with E-state index in [0.29, 0.717) is 17.1 Å². The molecule has 40 heavy (non-hydrogen) atoms. The summed E-state index contributed by atoms with van der Waals surface area (Å²) in [5.41, 5.74) is 1.70. The summed E-state index contributed by atoms with van der Waals surface area (Å²) in [6.45, 7) is 2.45. The molecule has 3 atom stereocenters. The highest BCUT2D eigenvalue weighted by Gasteiger charge is 2.48. The van der Waals surface area contributed by atoms with Crippen LogP contribution in [-0.2, 0) is 5.75 Å². The molecule has 11 heteroatoms. The van der Waals surface area contributed by atoms with Gasteiger partial charge >= 0.3 is 6.18 Å². The summed E-state index contributed by atoms with van der Waals surface area (Å²) in [6, 6.07) is 13.9. The number of hydrogen-bond acceptors (Lipinski definition) is 6. The number of unbranched alkanes of at least 4 members (excludes halogenated alkanes) is 1. The molecule has 1 N–H and O–H groups in total. The minimum atomic E-state index is -4.71. The molecule has 1 unspecified atom stereocenters. The van der Waals surface area contributed by atoms with Gasteiger partial charge in [-0.25, -0.2) is 0 Å². The van der Waals surface area contributed by atoms with E-state index in [1.54, 1.807) is 16.8 Å². The molecule has 1 amide bonds. The number of pyridine rings is 1. The van der Waals surface area contributed by atoms with E-state index in [4.69, 9.17) is 4.74 Å². The van der Waals surface area contributed by atoms with Crippen molar-refractivity contribution in [2.45, 2.75) is 68.3 Å². The third-order valence-electron chi connectivity index (χ3n) is 7.32. The van der Waals surface area contributed by atoms with E-state index in [-0.39, 0.29) is 12.1 Å². The number of ether oxygens (including phenoxy) is 1. The van der Waals surface area contributed by atoms with E-state index in [0.717, 1.165) is 34.9 Å². The van der Waals surface area contributed by atoms with Gasteiger partial charge in [0.25, 0.3) is 5.91 Å². The number of carbonyl (C=O) groups excluding carboxylic acids is 1. The van der Waals surface area contributed by atoms with Crippen molar-refractivity contribution in [3.63, 3.8) is 0 Å². The standard InChI is InChI=1S/C29H30F3N3O4S/c1-3-4-13-24(37)39-27-22(36)14-15-34-26(27)28(38)33(18(2)29(30,31)32)17-35(34)25-20-10-6-5-9-19(20)16-40-23-12-8-7-11-21(23)25/h5-12,14-15,18,24-25,37H,3-4,13,16-17H2,1-2H3/t18-,24?,25+/m1/s1. The summed E-state index contributed by atoms with van der Waals surface area (Å²) in [6.07, 6.45) is -3.16. The molecule has 2 aliphatic rings. The zero-order valence-corrected chi connectivity index (χ0v) is 22.9. The van der Waals surface area contributed by atoms with E-state index in [9.17, 15) is 27.9 Å². The van der Waals surface area contributed by atoms with Crippen LogP contribution in [0.3, 0.4) is 0 Å². The van der Waals surface area contributed by atoms with Gasteiger partial charge in [-0.2, -0.15) is 13.2 Å². The first-order valence-corrected chi connectivity index (χ1v) is 14.1. The van der Waals surface area contributed by atoms with Gasteiger partial charge in [0.05, 0.1) is 6.04 Å². The number of nitrogens with zero attached hydrogens (tertiary/aromatic N) is 3. The number of rotatable bonds is 7. The van der Waals surface area contributed by atoms with Crippen LogP contribution >= 0.6 is 11.8 Å². The average molecular weight is 574 g/mol. The van der Waals surface area contributed by atoms with E-state index < -0.39 is 48.3 Å². The fourth-order valence-corrected chi connectivity index (χ4v) is 6.22. The second-order valence-electron chi connectivity index (χ2n) is 9.92. The minimum Gasteiger partial charge on any atom is -0.459 e. The molecule has 0 fully saturated rings. The van der Waals surface area contributed by atoms with Crippen LogP contribution in [0.4, 0.5) is 13.2 Å². The minimum absolute atomic E-state index is 0.200. The van der Waals surface area contributed by atoms with Gasteiger partial charge in [0.15, 0.2) is 12.0 Å². The van der Waals surface area contributed by atoms with Crippen LogP contribution < -0.4 is 15.2 Å². The van der Waals surface area contributed by atoms with Crippen LogP contribution in [0, 0.1) is 0 Å². The van der Waals surface area contributed by atoms with Gasteiger partial charge in [0.1, 0.15) is 12.7 Å². The molecule has 212 valence electrons. The molecule has 2 aliphatic heterocycles. The number of hydrogen-bond donors (Lipinski definition) is 1. The maximum absolute atomic E-state index is 14.1. The quantitative estimate of drug-likeness (QED) is 0.380. The maximum Gasteiger partial charge on any atom is 0.408 e. The molecule has 0 aliphatic carbocycles. The van der Waals surface area contributed by atoms with Crippen molar-refractivity contribution in [1.29, 1.82) is 0 Å². The lowest BCUT2D eigenvalue weighted by Gasteiger charge is -2.46. The van der Waals surface area contributed by atoms with Crippen LogP contribution in [0.2, 0.25) is 0 Å². The first-order chi connectivity index (χ1) is 19.1. The van der Waals surface area contributed by atoms with E-state index in [1.807, 2.05) is 55.5 Å². The van der Waals surface area contributed by atoms with Gasteiger partial charge in [-0.15, -0.1) is 11.8 Å². The number of alkyl halides is 3. The first-order valence-electron chi connectivity index (χ1n) is 13.2. The van der Waals surface area contributed by atoms with Crippen LogP contribution in [-0.4, -0.2) is 45.8 Å². The average Bonchev–Trinajstić information content (AvgIpc) is 3.10. The molecular weight excluding hydrogens is 543 g/mol. The predicted molar refractivity (Wildman–Crippen MR) is 146 cm³/mol. The zero-order valence-electron chi connectivity index (χ0n) is 22.1. The number of amides is 1. The van der Waals surface area contributed by atoms with Gasteiger partial charge < -0.3 is 14.7 Å². The summed E-state index contributed by atoms with van der Waals surface area (Å²) in [5.74, 6) is -0.806. The number of thioether (sulfide) groups is 1. The predicted octanol–water partition coefficient (Wildman–Crippen LogP) is 5.43. The smallest absolute Gasteiger partial charge is 0.408 e. The molecule has 0 spiro atoms. The Morgan fingerprint density at radius 3 is 2.50 bits per heavy atom. The van der Waals surface area contributed by atoms with E-state index in [2.05, 4.69) is 0 Å². The summed E-state index contributed by atoms with van der Waals surface area (Å²) >= 11 is 1.63. The Bertz CT molecular complexity index is 1410. The SMILES string of the molecule is CCCCC(O)Oc1c2n(ccc1=O)N([C@H]1c3ccccc3CSc3ccccc31)CN([C@H](C)C(F)(F)F)C2=O. The molecular formula is C29H30F3N3O4S. The summed E-state index contributed by atoms with van der Waals surface area (Å²) in [7, 11) is 0. The highest BCUT2D eigenvalue weighted by atomic mass is 32.2. The lowest BCUT2D eigenvalue weighted by atomic mass is 9.94. The summed E-state index contributed by atoms with van der Waals surface area (Å²) < 4.78 is 49.2. The highest BCUT2D eigenvalue weighted by molar-refractivity contribution is 7.98. The Balaban J connectivity index is 1.73. The second-order valence-corrected chi connectivity index (χ2v) is 10.9. The second kappa shape index (κ2) is 11.2. The monoisotopic (exact) mass is 573 g/mol. The van der Waals surface area contributed by atoms with Gasteiger partial charge in [0.2, 0.25) is 11.2 Å². The third-order valence-corrected chi connectivity index (χ3v) is 8.45. The molecule has 7 nitrogen and oxygen atoms in total. The van der Waals surface area contributed by atoms with Crippen LogP contribution in [0.1, 0.15) is 66.3 Å². The number of carbonyl (C=O) groups is 1. The molecule has 3 aromatic rings. The Morgan fingerprint density at radius 2 is 1.77 bits per heavy atom. The Labute approximate surface area is 234 Å². The van der Waals surface area contributed by atoms with Crippen molar-refractivity contribution in [1.82, 2.24) is 9.58 Å². The zero-order chi connectivity index (χ0) is 28.6. The summed E-state index contributed by atoms with van der Waals surface area (Å²) in [5, 5.41) is 12.1. The third kappa shape index (κ3) is 5.19. The number of aliphatic hydroxyl groups excluding tert-OH is 1. The molecule has 5 rings (SSSR count). The lowest BCUT2D eigenvalue weighted by Crippen LogP contribution is -2.60. The van der Waals surface area contributed by atoms with Gasteiger partial charge in [0, 0.05) is 29.3 Å². The first kappa shape index (κ1) is 28.1. The van der Waals surface area contributed by atoms with Crippen molar-refractivity contribution >= 4 is 17.7 Å². The topological polar surface area (TPSA) is 75.0 Å². The van der Waals surface area contributed by atoms with E-state index >= 15 is 0 Å². The fourth-order valence-electron chi connectivity index (χ4n) is 5.13. The largest absolute Gasteiger partial charge is 0.459 e. The van der Waals surface area contributed by atoms with Crippen molar-refractivity contribution in [3.05, 3.63) is 93.4 Å². The lowest BCUT2D eigenvalue weighted by molar-refractivity contribution is -0.173. The van der Waals surface area contributed by atoms with Gasteiger partial charge in [-0.05, 0) is 36.1 Å². The van der Waals surface area contributed by atoms with Crippen molar-refractivity contribution < 1.29 is 27.8 Å². The molecule has 0 radical (unpaired) electrons. The number of benzene rings is 2. The Hall–Kier alpha value is -3.44. The highest BCUT2D eigenvalue weighted by Crippen LogP contribution is 2.43. The number of aliphatic hydroxyl groups is 1. The van der Waals surface area contributed by atoms with Gasteiger partial charge in [-0.1, -0.05) is 55.8 Å². The molecule has 0 saturated carbocycles. The molecule has 3 heterocycles. The van der Waals surface area contributed by atoms with Crippen molar-refractivity contribution in [2.24, 2.45) is 0 Å².